The molecule has 5 heteroatoms. The monoisotopic (exact) mass is 243 g/mol. The fraction of sp³-hybridized carbons (Fsp3) is 0.200. The number of hydrogen-bond acceptors (Lipinski definition) is 3. The number of esters is 1. The van der Waals surface area contributed by atoms with E-state index in [9.17, 15) is 4.79 Å². The van der Waals surface area contributed by atoms with E-state index < -0.39 is 5.97 Å². The summed E-state index contributed by atoms with van der Waals surface area (Å²) in [6.45, 7) is 0. The quantitative estimate of drug-likeness (QED) is 0.593. The lowest BCUT2D eigenvalue weighted by atomic mass is 10.1. The van der Waals surface area contributed by atoms with Crippen molar-refractivity contribution >= 4 is 29.2 Å². The van der Waals surface area contributed by atoms with E-state index in [1.165, 1.54) is 19.2 Å². The Labute approximate surface area is 97.2 Å². The van der Waals surface area contributed by atoms with Crippen LogP contribution in [0, 0.1) is 11.3 Å². The van der Waals surface area contributed by atoms with Crippen LogP contribution in [-0.4, -0.2) is 13.1 Å². The van der Waals surface area contributed by atoms with Gasteiger partial charge in [0, 0.05) is 5.88 Å². The molecule has 1 aromatic carbocycles. The zero-order valence-electron chi connectivity index (χ0n) is 7.88. The average Bonchev–Trinajstić information content (AvgIpc) is 2.28. The molecule has 0 aliphatic rings. The Bertz CT molecular complexity index is 438. The normalized spacial score (nSPS) is 9.47. The third-order valence-corrected chi connectivity index (χ3v) is 2.57. The summed E-state index contributed by atoms with van der Waals surface area (Å²) in [4.78, 5) is 11.2. The number of alkyl halides is 1. The molecule has 0 amide bonds. The van der Waals surface area contributed by atoms with Gasteiger partial charge in [-0.2, -0.15) is 5.26 Å². The summed E-state index contributed by atoms with van der Waals surface area (Å²) in [5.74, 6) is -0.382. The van der Waals surface area contributed by atoms with E-state index in [0.717, 1.165) is 0 Å². The maximum Gasteiger partial charge on any atom is 0.337 e. The smallest absolute Gasteiger partial charge is 0.337 e. The van der Waals surface area contributed by atoms with Crippen molar-refractivity contribution in [1.29, 1.82) is 5.26 Å². The minimum atomic E-state index is -0.519. The predicted octanol–water partition coefficient (Wildman–Crippen LogP) is 2.74. The van der Waals surface area contributed by atoms with E-state index in [2.05, 4.69) is 4.74 Å². The Morgan fingerprint density at radius 3 is 2.73 bits per heavy atom. The van der Waals surface area contributed by atoms with E-state index in [4.69, 9.17) is 28.5 Å². The van der Waals surface area contributed by atoms with Gasteiger partial charge in [-0.3, -0.25) is 0 Å². The summed E-state index contributed by atoms with van der Waals surface area (Å²) in [6.07, 6.45) is 0. The molecule has 0 fully saturated rings. The molecule has 1 aromatic rings. The van der Waals surface area contributed by atoms with Crippen LogP contribution in [0.25, 0.3) is 0 Å². The largest absolute Gasteiger partial charge is 0.465 e. The minimum Gasteiger partial charge on any atom is -0.465 e. The number of carbonyl (C=O) groups is 1. The van der Waals surface area contributed by atoms with Crippen LogP contribution in [0.15, 0.2) is 12.1 Å². The first-order valence-corrected chi connectivity index (χ1v) is 4.92. The highest BCUT2D eigenvalue weighted by Crippen LogP contribution is 2.24. The van der Waals surface area contributed by atoms with Crippen LogP contribution < -0.4 is 0 Å². The highest BCUT2D eigenvalue weighted by atomic mass is 35.5. The molecule has 0 spiro atoms. The van der Waals surface area contributed by atoms with Gasteiger partial charge in [-0.05, 0) is 17.7 Å². The molecule has 78 valence electrons. The number of nitrogens with zero attached hydrogens (tertiary/aromatic N) is 1. The lowest BCUT2D eigenvalue weighted by molar-refractivity contribution is 0.0600. The predicted molar refractivity (Wildman–Crippen MR) is 57.1 cm³/mol. The van der Waals surface area contributed by atoms with Crippen molar-refractivity contribution in [2.24, 2.45) is 0 Å². The summed E-state index contributed by atoms with van der Waals surface area (Å²) < 4.78 is 4.54. The lowest BCUT2D eigenvalue weighted by Crippen LogP contribution is -2.03. The standard InChI is InChI=1S/C10H7Cl2NO2/c1-15-10(14)6-2-7(4-11)9(12)8(3-6)5-13/h2-3H,4H2,1H3. The minimum absolute atomic E-state index is 0.137. The fourth-order valence-electron chi connectivity index (χ4n) is 1.10. The van der Waals surface area contributed by atoms with Crippen LogP contribution in [0.2, 0.25) is 5.02 Å². The SMILES string of the molecule is COC(=O)c1cc(C#N)c(Cl)c(CCl)c1. The molecule has 0 heterocycles. The van der Waals surface area contributed by atoms with E-state index in [1.54, 1.807) is 0 Å². The second-order valence-corrected chi connectivity index (χ2v) is 3.38. The van der Waals surface area contributed by atoms with Crippen molar-refractivity contribution in [3.63, 3.8) is 0 Å². The van der Waals surface area contributed by atoms with Gasteiger partial charge in [-0.25, -0.2) is 4.79 Å². The van der Waals surface area contributed by atoms with Crippen LogP contribution in [0.4, 0.5) is 0 Å². The molecule has 0 saturated heterocycles. The molecule has 0 aromatic heterocycles. The van der Waals surface area contributed by atoms with E-state index in [-0.39, 0.29) is 22.0 Å². The van der Waals surface area contributed by atoms with Crippen molar-refractivity contribution in [1.82, 2.24) is 0 Å². The molecule has 0 aliphatic heterocycles. The van der Waals surface area contributed by atoms with Crippen LogP contribution in [-0.2, 0) is 10.6 Å². The molecule has 15 heavy (non-hydrogen) atoms. The summed E-state index contributed by atoms with van der Waals surface area (Å²) in [5, 5.41) is 9.07. The number of ether oxygens (including phenoxy) is 1. The molecule has 0 saturated carbocycles. The maximum atomic E-state index is 11.2. The van der Waals surface area contributed by atoms with Crippen molar-refractivity contribution in [3.05, 3.63) is 33.8 Å². The fourth-order valence-corrected chi connectivity index (χ4v) is 1.60. The third kappa shape index (κ3) is 2.41. The highest BCUT2D eigenvalue weighted by molar-refractivity contribution is 6.33. The molecule has 1 rings (SSSR count). The molecular formula is C10H7Cl2NO2. The summed E-state index contributed by atoms with van der Waals surface area (Å²) >= 11 is 11.5. The molecule has 3 nitrogen and oxygen atoms in total. The first-order valence-electron chi connectivity index (χ1n) is 4.00. The van der Waals surface area contributed by atoms with Crippen molar-refractivity contribution < 1.29 is 9.53 Å². The van der Waals surface area contributed by atoms with E-state index in [1.807, 2.05) is 6.07 Å². The Morgan fingerprint density at radius 1 is 1.60 bits per heavy atom. The van der Waals surface area contributed by atoms with Gasteiger partial charge < -0.3 is 4.74 Å². The van der Waals surface area contributed by atoms with Gasteiger partial charge in [-0.1, -0.05) is 11.6 Å². The van der Waals surface area contributed by atoms with Gasteiger partial charge in [0.15, 0.2) is 0 Å². The summed E-state index contributed by atoms with van der Waals surface area (Å²) in [5.41, 5.74) is 1.03. The number of rotatable bonds is 2. The van der Waals surface area contributed by atoms with Crippen molar-refractivity contribution in [3.8, 4) is 6.07 Å². The number of halogens is 2. The first-order chi connectivity index (χ1) is 7.13. The molecule has 0 aliphatic carbocycles. The molecule has 0 radical (unpaired) electrons. The lowest BCUT2D eigenvalue weighted by Gasteiger charge is -2.05. The van der Waals surface area contributed by atoms with E-state index in [0.29, 0.717) is 5.56 Å². The third-order valence-electron chi connectivity index (χ3n) is 1.83. The van der Waals surface area contributed by atoms with E-state index >= 15 is 0 Å². The second-order valence-electron chi connectivity index (χ2n) is 2.73. The molecule has 0 atom stereocenters. The molecule has 0 bridgehead atoms. The maximum absolute atomic E-state index is 11.2. The van der Waals surface area contributed by atoms with Crippen LogP contribution in [0.3, 0.4) is 0 Å². The van der Waals surface area contributed by atoms with Crippen molar-refractivity contribution in [2.45, 2.75) is 5.88 Å². The van der Waals surface area contributed by atoms with Gasteiger partial charge in [0.2, 0.25) is 0 Å². The topological polar surface area (TPSA) is 50.1 Å². The number of benzene rings is 1. The van der Waals surface area contributed by atoms with Crippen LogP contribution in [0.1, 0.15) is 21.5 Å². The van der Waals surface area contributed by atoms with Gasteiger partial charge in [0.05, 0.1) is 23.3 Å². The van der Waals surface area contributed by atoms with Crippen LogP contribution >= 0.6 is 23.2 Å². The Kier molecular flexibility index (Phi) is 3.96. The Morgan fingerprint density at radius 2 is 2.27 bits per heavy atom. The zero-order chi connectivity index (χ0) is 11.4. The number of methoxy groups -OCH3 is 1. The average molecular weight is 244 g/mol. The van der Waals surface area contributed by atoms with Crippen molar-refractivity contribution in [2.75, 3.05) is 7.11 Å². The molecule has 0 N–H and O–H groups in total. The molecular weight excluding hydrogens is 237 g/mol. The first kappa shape index (κ1) is 11.8. The number of nitriles is 1. The summed E-state index contributed by atoms with van der Waals surface area (Å²) in [6, 6.07) is 4.79. The van der Waals surface area contributed by atoms with Gasteiger partial charge >= 0.3 is 5.97 Å². The Balaban J connectivity index is 3.34. The van der Waals surface area contributed by atoms with Gasteiger partial charge in [0.1, 0.15) is 6.07 Å². The zero-order valence-corrected chi connectivity index (χ0v) is 9.39. The van der Waals surface area contributed by atoms with Gasteiger partial charge in [0.25, 0.3) is 0 Å². The van der Waals surface area contributed by atoms with Gasteiger partial charge in [-0.15, -0.1) is 11.6 Å². The second kappa shape index (κ2) is 5.01. The number of hydrogen-bond donors (Lipinski definition) is 0. The Hall–Kier alpha value is -1.24. The summed E-state index contributed by atoms with van der Waals surface area (Å²) in [7, 11) is 1.27. The number of carbonyl (C=O) groups excluding carboxylic acids is 1. The molecule has 0 unspecified atom stereocenters. The highest BCUT2D eigenvalue weighted by Gasteiger charge is 2.13. The van der Waals surface area contributed by atoms with Crippen LogP contribution in [0.5, 0.6) is 0 Å².